The van der Waals surface area contributed by atoms with E-state index in [1.54, 1.807) is 0 Å². The first-order chi connectivity index (χ1) is 12.9. The molecule has 0 amide bonds. The van der Waals surface area contributed by atoms with E-state index in [4.69, 9.17) is 4.74 Å². The highest BCUT2D eigenvalue weighted by Crippen LogP contribution is 2.17. The van der Waals surface area contributed by atoms with Crippen molar-refractivity contribution in [3.05, 3.63) is 35.4 Å². The lowest BCUT2D eigenvalue weighted by Crippen LogP contribution is -2.24. The van der Waals surface area contributed by atoms with Gasteiger partial charge in [0.1, 0.15) is 5.60 Å². The Bertz CT molecular complexity index is 513. The van der Waals surface area contributed by atoms with Crippen molar-refractivity contribution >= 4 is 5.97 Å². The average Bonchev–Trinajstić information content (AvgIpc) is 2.61. The minimum atomic E-state index is -0.396. The number of hydrogen-bond donors (Lipinski definition) is 0. The number of aryl methyl sites for hydroxylation is 2. The third-order valence-electron chi connectivity index (χ3n) is 4.94. The standard InChI is InChI=1S/C25H42O2/c1-5-6-7-8-9-10-11-12-13-14-17-22-18-15-16-19-23(22)20-21-24(26)27-25(2,3)4/h15-16,18-19H,5-14,17,20-21H2,1-4H3. The van der Waals surface area contributed by atoms with E-state index in [9.17, 15) is 4.79 Å². The second kappa shape index (κ2) is 13.8. The molecule has 0 spiro atoms. The first-order valence-corrected chi connectivity index (χ1v) is 11.2. The van der Waals surface area contributed by atoms with Gasteiger partial charge in [-0.15, -0.1) is 0 Å². The van der Waals surface area contributed by atoms with Crippen molar-refractivity contribution < 1.29 is 9.53 Å². The van der Waals surface area contributed by atoms with Gasteiger partial charge >= 0.3 is 5.97 Å². The van der Waals surface area contributed by atoms with Crippen molar-refractivity contribution in [1.29, 1.82) is 0 Å². The Morgan fingerprint density at radius 2 is 1.26 bits per heavy atom. The number of unbranched alkanes of at least 4 members (excludes halogenated alkanes) is 9. The van der Waals surface area contributed by atoms with Gasteiger partial charge in [0.15, 0.2) is 0 Å². The molecule has 27 heavy (non-hydrogen) atoms. The van der Waals surface area contributed by atoms with Crippen LogP contribution in [0.1, 0.15) is 109 Å². The number of rotatable bonds is 14. The minimum Gasteiger partial charge on any atom is -0.460 e. The summed E-state index contributed by atoms with van der Waals surface area (Å²) in [6.45, 7) is 8.04. The van der Waals surface area contributed by atoms with Crippen LogP contribution >= 0.6 is 0 Å². The lowest BCUT2D eigenvalue weighted by Gasteiger charge is -2.19. The SMILES string of the molecule is CCCCCCCCCCCCc1ccccc1CCC(=O)OC(C)(C)C. The van der Waals surface area contributed by atoms with E-state index in [0.717, 1.165) is 12.8 Å². The number of carbonyl (C=O) groups is 1. The third-order valence-corrected chi connectivity index (χ3v) is 4.94. The van der Waals surface area contributed by atoms with Gasteiger partial charge in [0.25, 0.3) is 0 Å². The zero-order chi connectivity index (χ0) is 20.0. The third kappa shape index (κ3) is 12.7. The molecular weight excluding hydrogens is 332 g/mol. The van der Waals surface area contributed by atoms with E-state index in [-0.39, 0.29) is 5.97 Å². The summed E-state index contributed by atoms with van der Waals surface area (Å²) >= 11 is 0. The van der Waals surface area contributed by atoms with Crippen molar-refractivity contribution in [2.45, 2.75) is 117 Å². The van der Waals surface area contributed by atoms with Crippen LogP contribution < -0.4 is 0 Å². The maximum atomic E-state index is 12.0. The predicted octanol–water partition coefficient (Wildman–Crippen LogP) is 7.42. The molecule has 0 aliphatic rings. The van der Waals surface area contributed by atoms with Gasteiger partial charge in [-0.1, -0.05) is 89.0 Å². The zero-order valence-corrected chi connectivity index (χ0v) is 18.3. The summed E-state index contributed by atoms with van der Waals surface area (Å²) in [7, 11) is 0. The molecule has 0 saturated heterocycles. The van der Waals surface area contributed by atoms with E-state index in [1.807, 2.05) is 20.8 Å². The second-order valence-corrected chi connectivity index (χ2v) is 8.79. The highest BCUT2D eigenvalue weighted by Gasteiger charge is 2.16. The molecular formula is C25H42O2. The number of hydrogen-bond acceptors (Lipinski definition) is 2. The van der Waals surface area contributed by atoms with Crippen molar-refractivity contribution in [2.24, 2.45) is 0 Å². The first-order valence-electron chi connectivity index (χ1n) is 11.2. The molecule has 1 aromatic carbocycles. The molecule has 0 aliphatic heterocycles. The Hall–Kier alpha value is -1.31. The maximum Gasteiger partial charge on any atom is 0.306 e. The lowest BCUT2D eigenvalue weighted by molar-refractivity contribution is -0.154. The summed E-state index contributed by atoms with van der Waals surface area (Å²) in [6.07, 6.45) is 16.0. The van der Waals surface area contributed by atoms with Gasteiger partial charge < -0.3 is 4.74 Å². The summed E-state index contributed by atoms with van der Waals surface area (Å²) < 4.78 is 5.43. The summed E-state index contributed by atoms with van der Waals surface area (Å²) in [4.78, 5) is 12.0. The van der Waals surface area contributed by atoms with Crippen LogP contribution in [-0.4, -0.2) is 11.6 Å². The fourth-order valence-electron chi connectivity index (χ4n) is 3.48. The van der Waals surface area contributed by atoms with Crippen LogP contribution in [0.15, 0.2) is 24.3 Å². The monoisotopic (exact) mass is 374 g/mol. The fraction of sp³-hybridized carbons (Fsp3) is 0.720. The molecule has 0 bridgehead atoms. The van der Waals surface area contributed by atoms with Gasteiger partial charge in [-0.3, -0.25) is 4.79 Å². The molecule has 0 fully saturated rings. The van der Waals surface area contributed by atoms with Crippen LogP contribution in [0.25, 0.3) is 0 Å². The predicted molar refractivity (Wildman–Crippen MR) is 116 cm³/mol. The van der Waals surface area contributed by atoms with Gasteiger partial charge in [0, 0.05) is 6.42 Å². The molecule has 0 aromatic heterocycles. The topological polar surface area (TPSA) is 26.3 Å². The molecule has 1 rings (SSSR count). The van der Waals surface area contributed by atoms with E-state index in [1.165, 1.54) is 75.3 Å². The molecule has 0 heterocycles. The molecule has 154 valence electrons. The molecule has 2 nitrogen and oxygen atoms in total. The van der Waals surface area contributed by atoms with Crippen LogP contribution in [-0.2, 0) is 22.4 Å². The van der Waals surface area contributed by atoms with E-state index < -0.39 is 5.60 Å². The molecule has 0 saturated carbocycles. The first kappa shape index (κ1) is 23.7. The smallest absolute Gasteiger partial charge is 0.306 e. The van der Waals surface area contributed by atoms with Crippen LogP contribution in [0.4, 0.5) is 0 Å². The Kier molecular flexibility index (Phi) is 12.1. The summed E-state index contributed by atoms with van der Waals surface area (Å²) in [5, 5.41) is 0. The molecule has 1 aromatic rings. The van der Waals surface area contributed by atoms with Gasteiger partial charge in [-0.2, -0.15) is 0 Å². The largest absolute Gasteiger partial charge is 0.460 e. The summed E-state index contributed by atoms with van der Waals surface area (Å²) in [5.74, 6) is -0.101. The van der Waals surface area contributed by atoms with Crippen LogP contribution in [0.3, 0.4) is 0 Å². The summed E-state index contributed by atoms with van der Waals surface area (Å²) in [6, 6.07) is 8.57. The van der Waals surface area contributed by atoms with Crippen molar-refractivity contribution in [1.82, 2.24) is 0 Å². The molecule has 2 heteroatoms. The number of esters is 1. The van der Waals surface area contributed by atoms with E-state index in [2.05, 4.69) is 31.2 Å². The fourth-order valence-corrected chi connectivity index (χ4v) is 3.48. The van der Waals surface area contributed by atoms with Crippen LogP contribution in [0, 0.1) is 0 Å². The van der Waals surface area contributed by atoms with Gasteiger partial charge in [0.2, 0.25) is 0 Å². The molecule has 0 atom stereocenters. The van der Waals surface area contributed by atoms with Crippen molar-refractivity contribution in [3.8, 4) is 0 Å². The van der Waals surface area contributed by atoms with Gasteiger partial charge in [0.05, 0.1) is 0 Å². The Morgan fingerprint density at radius 3 is 1.78 bits per heavy atom. The molecule has 0 radical (unpaired) electrons. The van der Waals surface area contributed by atoms with Crippen LogP contribution in [0.2, 0.25) is 0 Å². The van der Waals surface area contributed by atoms with Crippen molar-refractivity contribution in [3.63, 3.8) is 0 Å². The van der Waals surface area contributed by atoms with Gasteiger partial charge in [-0.05, 0) is 51.2 Å². The molecule has 0 aliphatic carbocycles. The van der Waals surface area contributed by atoms with E-state index in [0.29, 0.717) is 6.42 Å². The van der Waals surface area contributed by atoms with Crippen LogP contribution in [0.5, 0.6) is 0 Å². The second-order valence-electron chi connectivity index (χ2n) is 8.79. The number of benzene rings is 1. The molecule has 0 N–H and O–H groups in total. The Labute approximate surface area is 168 Å². The van der Waals surface area contributed by atoms with E-state index >= 15 is 0 Å². The zero-order valence-electron chi connectivity index (χ0n) is 18.3. The average molecular weight is 375 g/mol. The highest BCUT2D eigenvalue weighted by molar-refractivity contribution is 5.70. The summed E-state index contributed by atoms with van der Waals surface area (Å²) in [5.41, 5.74) is 2.31. The maximum absolute atomic E-state index is 12.0. The van der Waals surface area contributed by atoms with Crippen molar-refractivity contribution in [2.75, 3.05) is 0 Å². The lowest BCUT2D eigenvalue weighted by atomic mass is 9.97. The Balaban J connectivity index is 2.21. The normalized spacial score (nSPS) is 11.6. The van der Waals surface area contributed by atoms with Gasteiger partial charge in [-0.25, -0.2) is 0 Å². The highest BCUT2D eigenvalue weighted by atomic mass is 16.6. The Morgan fingerprint density at radius 1 is 0.778 bits per heavy atom. The number of carbonyl (C=O) groups excluding carboxylic acids is 1. The molecule has 0 unspecified atom stereocenters. The minimum absolute atomic E-state index is 0.101. The number of ether oxygens (including phenoxy) is 1. The quantitative estimate of drug-likeness (QED) is 0.250.